The molecule has 1 aromatic carbocycles. The van der Waals surface area contributed by atoms with Gasteiger partial charge in [0.1, 0.15) is 0 Å². The first kappa shape index (κ1) is 22.1. The lowest BCUT2D eigenvalue weighted by Crippen LogP contribution is -2.43. The van der Waals surface area contributed by atoms with Crippen LogP contribution in [0.2, 0.25) is 0 Å². The topological polar surface area (TPSA) is 65.4 Å². The summed E-state index contributed by atoms with van der Waals surface area (Å²) >= 11 is 1.57. The molecule has 0 fully saturated rings. The average Bonchev–Trinajstić information content (AvgIpc) is 3.02. The monoisotopic (exact) mass is 392 g/mol. The molecule has 0 radical (unpaired) electrons. The lowest BCUT2D eigenvalue weighted by atomic mass is 9.89. The minimum atomic E-state index is -1.08. The van der Waals surface area contributed by atoms with E-state index in [-0.39, 0.29) is 0 Å². The third-order valence-corrected chi connectivity index (χ3v) is 6.31. The molecule has 0 aliphatic carbocycles. The number of nitrogens with one attached hydrogen (secondary N) is 1. The predicted octanol–water partition coefficient (Wildman–Crippen LogP) is 5.45. The number of hydrogen-bond donors (Lipinski definition) is 3. The van der Waals surface area contributed by atoms with Crippen LogP contribution in [0.3, 0.4) is 0 Å². The van der Waals surface area contributed by atoms with Crippen LogP contribution in [-0.2, 0) is 0 Å². The standard InChI is InChI=1S/C22H36N2O2S/c1-16(2)9-7-10-17(3)11-8-14-22(4,26)20(25)15-23-21-24-18-12-5-6-13-19(18)27-21/h5-6,12-13,16-17,20,25-26H,7-11,14-15H2,1-4H3,(H,23,24). The van der Waals surface area contributed by atoms with E-state index in [9.17, 15) is 10.2 Å². The Labute approximate surface area is 168 Å². The molecule has 27 heavy (non-hydrogen) atoms. The highest BCUT2D eigenvalue weighted by Crippen LogP contribution is 2.27. The van der Waals surface area contributed by atoms with Gasteiger partial charge in [-0.2, -0.15) is 0 Å². The number of hydrogen-bond acceptors (Lipinski definition) is 5. The quantitative estimate of drug-likeness (QED) is 0.449. The van der Waals surface area contributed by atoms with Crippen molar-refractivity contribution >= 4 is 26.7 Å². The maximum atomic E-state index is 10.7. The fourth-order valence-corrected chi connectivity index (χ4v) is 4.22. The summed E-state index contributed by atoms with van der Waals surface area (Å²) in [6.07, 6.45) is 5.66. The van der Waals surface area contributed by atoms with Crippen molar-refractivity contribution in [3.63, 3.8) is 0 Å². The second-order valence-corrected chi connectivity index (χ2v) is 9.59. The number of para-hydroxylation sites is 1. The number of aliphatic hydroxyl groups is 2. The molecule has 3 N–H and O–H groups in total. The Hall–Kier alpha value is -1.17. The van der Waals surface area contributed by atoms with Gasteiger partial charge < -0.3 is 15.5 Å². The number of thiazole rings is 1. The molecule has 2 rings (SSSR count). The van der Waals surface area contributed by atoms with Crippen LogP contribution in [0.15, 0.2) is 24.3 Å². The number of rotatable bonds is 12. The highest BCUT2D eigenvalue weighted by molar-refractivity contribution is 7.22. The van der Waals surface area contributed by atoms with E-state index in [1.165, 1.54) is 19.3 Å². The minimum absolute atomic E-state index is 0.302. The lowest BCUT2D eigenvalue weighted by Gasteiger charge is -2.29. The molecule has 1 heterocycles. The Bertz CT molecular complexity index is 651. The second kappa shape index (κ2) is 10.4. The first-order chi connectivity index (χ1) is 12.8. The van der Waals surface area contributed by atoms with E-state index in [2.05, 4.69) is 31.1 Å². The van der Waals surface area contributed by atoms with Crippen LogP contribution in [0, 0.1) is 11.8 Å². The number of benzene rings is 1. The molecule has 2 aromatic rings. The molecule has 0 amide bonds. The highest BCUT2D eigenvalue weighted by Gasteiger charge is 2.30. The summed E-state index contributed by atoms with van der Waals surface area (Å²) in [4.78, 5) is 4.51. The minimum Gasteiger partial charge on any atom is -0.388 e. The van der Waals surface area contributed by atoms with Crippen LogP contribution >= 0.6 is 11.3 Å². The van der Waals surface area contributed by atoms with Crippen molar-refractivity contribution < 1.29 is 10.2 Å². The highest BCUT2D eigenvalue weighted by atomic mass is 32.1. The third kappa shape index (κ3) is 7.40. The molecular formula is C22H36N2O2S. The van der Waals surface area contributed by atoms with Crippen molar-refractivity contribution in [3.05, 3.63) is 24.3 Å². The van der Waals surface area contributed by atoms with Crippen molar-refractivity contribution in [2.75, 3.05) is 11.9 Å². The number of aromatic nitrogens is 1. The molecule has 152 valence electrons. The Morgan fingerprint density at radius 3 is 2.52 bits per heavy atom. The molecule has 0 spiro atoms. The van der Waals surface area contributed by atoms with Gasteiger partial charge in [0.2, 0.25) is 0 Å². The van der Waals surface area contributed by atoms with Gasteiger partial charge in [0.15, 0.2) is 5.13 Å². The van der Waals surface area contributed by atoms with E-state index in [0.29, 0.717) is 18.9 Å². The van der Waals surface area contributed by atoms with E-state index in [0.717, 1.165) is 34.1 Å². The van der Waals surface area contributed by atoms with Crippen molar-refractivity contribution in [2.45, 2.75) is 77.9 Å². The van der Waals surface area contributed by atoms with Gasteiger partial charge in [0, 0.05) is 6.54 Å². The number of aliphatic hydroxyl groups excluding tert-OH is 1. The molecule has 4 nitrogen and oxygen atoms in total. The summed E-state index contributed by atoms with van der Waals surface area (Å²) in [6, 6.07) is 7.97. The zero-order chi connectivity index (χ0) is 19.9. The van der Waals surface area contributed by atoms with Gasteiger partial charge in [-0.3, -0.25) is 0 Å². The summed E-state index contributed by atoms with van der Waals surface area (Å²) in [7, 11) is 0. The lowest BCUT2D eigenvalue weighted by molar-refractivity contribution is -0.0617. The van der Waals surface area contributed by atoms with E-state index in [4.69, 9.17) is 0 Å². The normalized spacial score (nSPS) is 16.4. The molecule has 3 atom stereocenters. The Morgan fingerprint density at radius 2 is 1.81 bits per heavy atom. The molecule has 5 heteroatoms. The third-order valence-electron chi connectivity index (χ3n) is 5.32. The first-order valence-corrected chi connectivity index (χ1v) is 11.1. The van der Waals surface area contributed by atoms with E-state index < -0.39 is 11.7 Å². The molecule has 0 bridgehead atoms. The van der Waals surface area contributed by atoms with Crippen LogP contribution in [-0.4, -0.2) is 33.4 Å². The predicted molar refractivity (Wildman–Crippen MR) is 116 cm³/mol. The van der Waals surface area contributed by atoms with E-state index in [1.807, 2.05) is 24.3 Å². The van der Waals surface area contributed by atoms with Crippen LogP contribution in [0.25, 0.3) is 10.2 Å². The van der Waals surface area contributed by atoms with E-state index >= 15 is 0 Å². The summed E-state index contributed by atoms with van der Waals surface area (Å²) in [5.74, 6) is 1.45. The SMILES string of the molecule is CC(C)CCCC(C)CCCC(C)(O)C(O)CNc1nc2ccccc2s1. The van der Waals surface area contributed by atoms with Crippen LogP contribution in [0.4, 0.5) is 5.13 Å². The Kier molecular flexibility index (Phi) is 8.52. The fraction of sp³-hybridized carbons (Fsp3) is 0.682. The number of nitrogens with zero attached hydrogens (tertiary/aromatic N) is 1. The molecular weight excluding hydrogens is 356 g/mol. The van der Waals surface area contributed by atoms with Gasteiger partial charge in [-0.25, -0.2) is 4.98 Å². The maximum absolute atomic E-state index is 10.7. The zero-order valence-corrected chi connectivity index (χ0v) is 18.1. The fourth-order valence-electron chi connectivity index (χ4n) is 3.35. The second-order valence-electron chi connectivity index (χ2n) is 8.56. The van der Waals surface area contributed by atoms with Gasteiger partial charge in [-0.1, -0.05) is 76.3 Å². The van der Waals surface area contributed by atoms with Crippen molar-refractivity contribution in [2.24, 2.45) is 11.8 Å². The largest absolute Gasteiger partial charge is 0.388 e. The maximum Gasteiger partial charge on any atom is 0.183 e. The summed E-state index contributed by atoms with van der Waals surface area (Å²) in [5, 5.41) is 25.1. The van der Waals surface area contributed by atoms with Crippen LogP contribution in [0.1, 0.15) is 66.2 Å². The van der Waals surface area contributed by atoms with Crippen LogP contribution < -0.4 is 5.32 Å². The number of fused-ring (bicyclic) bond motifs is 1. The van der Waals surface area contributed by atoms with Crippen molar-refractivity contribution in [1.29, 1.82) is 0 Å². The zero-order valence-electron chi connectivity index (χ0n) is 17.2. The average molecular weight is 393 g/mol. The Morgan fingerprint density at radius 1 is 1.11 bits per heavy atom. The smallest absolute Gasteiger partial charge is 0.183 e. The number of anilines is 1. The van der Waals surface area contributed by atoms with Gasteiger partial charge >= 0.3 is 0 Å². The summed E-state index contributed by atoms with van der Waals surface area (Å²) < 4.78 is 1.12. The summed E-state index contributed by atoms with van der Waals surface area (Å²) in [5.41, 5.74) is -0.126. The molecule has 0 saturated carbocycles. The molecule has 0 aliphatic rings. The van der Waals surface area contributed by atoms with Gasteiger partial charge in [0.05, 0.1) is 21.9 Å². The first-order valence-electron chi connectivity index (χ1n) is 10.3. The molecule has 0 aliphatic heterocycles. The molecule has 1 aromatic heterocycles. The summed E-state index contributed by atoms with van der Waals surface area (Å²) in [6.45, 7) is 8.87. The van der Waals surface area contributed by atoms with Crippen molar-refractivity contribution in [1.82, 2.24) is 4.98 Å². The Balaban J connectivity index is 1.71. The van der Waals surface area contributed by atoms with Gasteiger partial charge in [-0.05, 0) is 37.3 Å². The molecule has 3 unspecified atom stereocenters. The van der Waals surface area contributed by atoms with Crippen LogP contribution in [0.5, 0.6) is 0 Å². The van der Waals surface area contributed by atoms with Gasteiger partial charge in [-0.15, -0.1) is 0 Å². The van der Waals surface area contributed by atoms with Crippen molar-refractivity contribution in [3.8, 4) is 0 Å². The van der Waals surface area contributed by atoms with E-state index in [1.54, 1.807) is 18.3 Å². The molecule has 0 saturated heterocycles. The van der Waals surface area contributed by atoms with Gasteiger partial charge in [0.25, 0.3) is 0 Å².